The summed E-state index contributed by atoms with van der Waals surface area (Å²) in [5.74, 6) is 1.37. The first-order valence-electron chi connectivity index (χ1n) is 8.71. The minimum absolute atomic E-state index is 0.174. The minimum Gasteiger partial charge on any atom is -0.361 e. The van der Waals surface area contributed by atoms with Gasteiger partial charge in [-0.1, -0.05) is 12.1 Å². The number of guanidine groups is 1. The van der Waals surface area contributed by atoms with Gasteiger partial charge >= 0.3 is 0 Å². The highest BCUT2D eigenvalue weighted by Crippen LogP contribution is 2.19. The van der Waals surface area contributed by atoms with Gasteiger partial charge in [0, 0.05) is 58.5 Å². The second kappa shape index (κ2) is 8.52. The van der Waals surface area contributed by atoms with Gasteiger partial charge < -0.3 is 15.6 Å². The molecule has 0 aliphatic rings. The Labute approximate surface area is 153 Å². The highest BCUT2D eigenvalue weighted by Gasteiger charge is 2.18. The normalized spacial score (nSPS) is 13.9. The van der Waals surface area contributed by atoms with E-state index in [0.717, 1.165) is 18.9 Å². The zero-order valence-corrected chi connectivity index (χ0v) is 16.7. The summed E-state index contributed by atoms with van der Waals surface area (Å²) in [6.07, 6.45) is 2.99. The van der Waals surface area contributed by atoms with Crippen LogP contribution in [0.5, 0.6) is 0 Å². The average Bonchev–Trinajstić information content (AvgIpc) is 2.94. The van der Waals surface area contributed by atoms with Gasteiger partial charge in [-0.2, -0.15) is 0 Å². The third-order valence-electron chi connectivity index (χ3n) is 4.10. The molecule has 138 valence electrons. The second-order valence-electron chi connectivity index (χ2n) is 7.20. The van der Waals surface area contributed by atoms with Crippen molar-refractivity contribution in [3.8, 4) is 0 Å². The van der Waals surface area contributed by atoms with Crippen molar-refractivity contribution < 1.29 is 4.21 Å². The summed E-state index contributed by atoms with van der Waals surface area (Å²) < 4.78 is 11.9. The molecule has 5 nitrogen and oxygen atoms in total. The van der Waals surface area contributed by atoms with E-state index in [2.05, 4.69) is 51.9 Å². The number of nitrogens with zero attached hydrogens (tertiary/aromatic N) is 1. The number of hydrogen-bond acceptors (Lipinski definition) is 2. The molecule has 1 aromatic heterocycles. The molecule has 0 bridgehead atoms. The zero-order valence-electron chi connectivity index (χ0n) is 15.9. The van der Waals surface area contributed by atoms with Gasteiger partial charge in [0.05, 0.1) is 0 Å². The van der Waals surface area contributed by atoms with Crippen LogP contribution in [0.4, 0.5) is 0 Å². The number of aliphatic imine (C=N–C) groups is 1. The van der Waals surface area contributed by atoms with Crippen LogP contribution in [-0.4, -0.2) is 45.8 Å². The molecule has 0 aliphatic heterocycles. The van der Waals surface area contributed by atoms with Crippen LogP contribution in [0.1, 0.15) is 31.9 Å². The van der Waals surface area contributed by atoms with Crippen LogP contribution in [0.2, 0.25) is 0 Å². The number of H-pyrrole nitrogens is 1. The molecule has 0 aliphatic carbocycles. The molecular weight excluding hydrogens is 332 g/mol. The summed E-state index contributed by atoms with van der Waals surface area (Å²) in [5.41, 5.74) is 3.74. The van der Waals surface area contributed by atoms with E-state index in [1.165, 1.54) is 22.0 Å². The third-order valence-corrected chi connectivity index (χ3v) is 6.04. The molecule has 25 heavy (non-hydrogen) atoms. The predicted molar refractivity (Wildman–Crippen MR) is 109 cm³/mol. The van der Waals surface area contributed by atoms with Crippen LogP contribution < -0.4 is 10.6 Å². The van der Waals surface area contributed by atoms with Crippen molar-refractivity contribution in [1.29, 1.82) is 0 Å². The Kier molecular flexibility index (Phi) is 6.64. The van der Waals surface area contributed by atoms with Crippen molar-refractivity contribution in [1.82, 2.24) is 15.6 Å². The number of aryl methyl sites for hydroxylation is 1. The smallest absolute Gasteiger partial charge is 0.191 e. The van der Waals surface area contributed by atoms with Gasteiger partial charge in [0.1, 0.15) is 0 Å². The lowest BCUT2D eigenvalue weighted by Gasteiger charge is -2.18. The fourth-order valence-corrected chi connectivity index (χ4v) is 3.51. The maximum absolute atomic E-state index is 12.1. The third kappa shape index (κ3) is 5.59. The fraction of sp³-hybridized carbons (Fsp3) is 0.526. The topological polar surface area (TPSA) is 69.3 Å². The van der Waals surface area contributed by atoms with Gasteiger partial charge in [-0.25, -0.2) is 0 Å². The van der Waals surface area contributed by atoms with Gasteiger partial charge in [0.2, 0.25) is 0 Å². The Morgan fingerprint density at radius 2 is 1.96 bits per heavy atom. The Morgan fingerprint density at radius 3 is 2.64 bits per heavy atom. The van der Waals surface area contributed by atoms with E-state index in [-0.39, 0.29) is 4.75 Å². The molecule has 2 aromatic rings. The summed E-state index contributed by atoms with van der Waals surface area (Å²) in [4.78, 5) is 7.56. The lowest BCUT2D eigenvalue weighted by molar-refractivity contribution is 0.647. The number of rotatable bonds is 6. The van der Waals surface area contributed by atoms with Gasteiger partial charge in [0.15, 0.2) is 5.96 Å². The first-order chi connectivity index (χ1) is 11.8. The predicted octanol–water partition coefficient (Wildman–Crippen LogP) is 2.73. The van der Waals surface area contributed by atoms with Gasteiger partial charge in [-0.05, 0) is 51.3 Å². The lowest BCUT2D eigenvalue weighted by atomic mass is 10.1. The number of nitrogens with one attached hydrogen (secondary N) is 3. The first kappa shape index (κ1) is 19.5. The molecule has 0 saturated carbocycles. The number of fused-ring (bicyclic) bond motifs is 1. The minimum atomic E-state index is -0.853. The number of aromatic amines is 1. The molecule has 1 aromatic carbocycles. The molecule has 0 radical (unpaired) electrons. The Morgan fingerprint density at radius 1 is 1.24 bits per heavy atom. The Hall–Kier alpha value is -1.82. The molecule has 6 heteroatoms. The zero-order chi connectivity index (χ0) is 18.4. The maximum atomic E-state index is 12.1. The molecule has 0 spiro atoms. The Bertz CT molecular complexity index is 758. The summed E-state index contributed by atoms with van der Waals surface area (Å²) in [7, 11) is 0.902. The monoisotopic (exact) mass is 362 g/mol. The Balaban J connectivity index is 1.80. The molecule has 0 fully saturated rings. The molecule has 1 heterocycles. The van der Waals surface area contributed by atoms with Gasteiger partial charge in [-0.3, -0.25) is 9.20 Å². The molecule has 1 atom stereocenters. The quantitative estimate of drug-likeness (QED) is 0.547. The maximum Gasteiger partial charge on any atom is 0.191 e. The summed E-state index contributed by atoms with van der Waals surface area (Å²) in [6, 6.07) is 6.48. The van der Waals surface area contributed by atoms with Crippen LogP contribution in [0, 0.1) is 6.92 Å². The highest BCUT2D eigenvalue weighted by molar-refractivity contribution is 7.86. The first-order valence-corrected chi connectivity index (χ1v) is 10.0. The van der Waals surface area contributed by atoms with Gasteiger partial charge in [0.25, 0.3) is 0 Å². The van der Waals surface area contributed by atoms with Crippen LogP contribution >= 0.6 is 0 Å². The van der Waals surface area contributed by atoms with Crippen molar-refractivity contribution >= 4 is 27.7 Å². The van der Waals surface area contributed by atoms with Crippen molar-refractivity contribution in [2.45, 2.75) is 38.9 Å². The van der Waals surface area contributed by atoms with Crippen LogP contribution in [-0.2, 0) is 17.2 Å². The molecule has 3 N–H and O–H groups in total. The van der Waals surface area contributed by atoms with E-state index >= 15 is 0 Å². The van der Waals surface area contributed by atoms with Crippen LogP contribution in [0.25, 0.3) is 10.9 Å². The summed E-state index contributed by atoms with van der Waals surface area (Å²) in [6.45, 7) is 9.54. The van der Waals surface area contributed by atoms with Crippen molar-refractivity contribution in [2.75, 3.05) is 25.9 Å². The SMILES string of the molecule is CN=C(NCCc1c[nH]c2cc(C)ccc12)NCCS(=O)C(C)(C)C. The highest BCUT2D eigenvalue weighted by atomic mass is 32.2. The van der Waals surface area contributed by atoms with Crippen LogP contribution in [0.15, 0.2) is 29.4 Å². The van der Waals surface area contributed by atoms with E-state index in [1.807, 2.05) is 20.8 Å². The van der Waals surface area contributed by atoms with E-state index < -0.39 is 10.8 Å². The lowest BCUT2D eigenvalue weighted by Crippen LogP contribution is -2.41. The number of hydrogen-bond donors (Lipinski definition) is 3. The molecule has 0 amide bonds. The number of benzene rings is 1. The van der Waals surface area contributed by atoms with Crippen molar-refractivity contribution in [3.05, 3.63) is 35.5 Å². The summed E-state index contributed by atoms with van der Waals surface area (Å²) in [5, 5.41) is 7.83. The fourth-order valence-electron chi connectivity index (χ4n) is 2.61. The molecule has 2 rings (SSSR count). The van der Waals surface area contributed by atoms with E-state index in [9.17, 15) is 4.21 Å². The molecule has 1 unspecified atom stereocenters. The van der Waals surface area contributed by atoms with E-state index in [1.54, 1.807) is 7.05 Å². The van der Waals surface area contributed by atoms with Crippen molar-refractivity contribution in [3.63, 3.8) is 0 Å². The van der Waals surface area contributed by atoms with Crippen molar-refractivity contribution in [2.24, 2.45) is 4.99 Å². The molecular formula is C19H30N4OS. The average molecular weight is 363 g/mol. The largest absolute Gasteiger partial charge is 0.361 e. The van der Waals surface area contributed by atoms with E-state index in [4.69, 9.17) is 0 Å². The van der Waals surface area contributed by atoms with Gasteiger partial charge in [-0.15, -0.1) is 0 Å². The second-order valence-corrected chi connectivity index (χ2v) is 9.52. The molecule has 0 saturated heterocycles. The van der Waals surface area contributed by atoms with E-state index in [0.29, 0.717) is 12.3 Å². The van der Waals surface area contributed by atoms with Crippen LogP contribution in [0.3, 0.4) is 0 Å². The summed E-state index contributed by atoms with van der Waals surface area (Å²) >= 11 is 0. The standard InChI is InChI=1S/C19H30N4OS/c1-14-6-7-16-15(13-23-17(16)12-14)8-9-21-18(20-5)22-10-11-25(24)19(2,3)4/h6-7,12-13,23H,8-11H2,1-5H3,(H2,20,21,22). The number of aromatic nitrogens is 1.